The van der Waals surface area contributed by atoms with Crippen LogP contribution in [0, 0.1) is 0 Å². The summed E-state index contributed by atoms with van der Waals surface area (Å²) in [7, 11) is 1.11. The van der Waals surface area contributed by atoms with Crippen molar-refractivity contribution in [2.24, 2.45) is 0 Å². The number of benzene rings is 1. The molecule has 1 heterocycles. The number of halogens is 6. The predicted octanol–water partition coefficient (Wildman–Crippen LogP) is 5.74. The van der Waals surface area contributed by atoms with Crippen LogP contribution >= 0.6 is 34.8 Å². The lowest BCUT2D eigenvalue weighted by Crippen LogP contribution is -2.11. The number of hydrogen-bond donors (Lipinski definition) is 0. The lowest BCUT2D eigenvalue weighted by atomic mass is 10.0. The Morgan fingerprint density at radius 3 is 2.24 bits per heavy atom. The van der Waals surface area contributed by atoms with E-state index in [4.69, 9.17) is 39.5 Å². The Morgan fingerprint density at radius 2 is 1.67 bits per heavy atom. The third-order valence-electron chi connectivity index (χ3n) is 2.72. The van der Waals surface area contributed by atoms with E-state index >= 15 is 0 Å². The molecule has 8 heteroatoms. The molecule has 21 heavy (non-hydrogen) atoms. The normalized spacial score (nSPS) is 11.6. The van der Waals surface area contributed by atoms with Gasteiger partial charge in [-0.1, -0.05) is 40.9 Å². The highest BCUT2D eigenvalue weighted by Gasteiger charge is 2.38. The first-order valence-corrected chi connectivity index (χ1v) is 6.64. The van der Waals surface area contributed by atoms with Crippen LogP contribution < -0.4 is 4.74 Å². The van der Waals surface area contributed by atoms with E-state index < -0.39 is 17.6 Å². The third-order valence-corrected chi connectivity index (χ3v) is 4.01. The first-order chi connectivity index (χ1) is 9.77. The van der Waals surface area contributed by atoms with Gasteiger partial charge in [0.2, 0.25) is 5.88 Å². The average Bonchev–Trinajstić information content (AvgIpc) is 2.43. The number of aromatic nitrogens is 1. The number of ether oxygens (including phenoxy) is 1. The van der Waals surface area contributed by atoms with Crippen LogP contribution in [0.25, 0.3) is 11.1 Å². The summed E-state index contributed by atoms with van der Waals surface area (Å²) in [5.41, 5.74) is -1.11. The van der Waals surface area contributed by atoms with Crippen LogP contribution in [0.1, 0.15) is 5.56 Å². The van der Waals surface area contributed by atoms with Crippen LogP contribution in [-0.2, 0) is 6.18 Å². The SMILES string of the molecule is COc1nccc(-c2ccc(Cl)c(Cl)c2Cl)c1C(F)(F)F. The first-order valence-electron chi connectivity index (χ1n) is 5.51. The summed E-state index contributed by atoms with van der Waals surface area (Å²) in [5, 5.41) is 0.0719. The van der Waals surface area contributed by atoms with E-state index in [0.29, 0.717) is 0 Å². The molecule has 0 atom stereocenters. The molecule has 0 bridgehead atoms. The minimum atomic E-state index is -4.66. The maximum Gasteiger partial charge on any atom is 0.422 e. The number of pyridine rings is 1. The molecule has 0 amide bonds. The Morgan fingerprint density at radius 1 is 1.00 bits per heavy atom. The van der Waals surface area contributed by atoms with Crippen molar-refractivity contribution in [3.05, 3.63) is 45.0 Å². The summed E-state index contributed by atoms with van der Waals surface area (Å²) in [4.78, 5) is 3.58. The predicted molar refractivity (Wildman–Crippen MR) is 76.3 cm³/mol. The molecule has 2 rings (SSSR count). The summed E-state index contributed by atoms with van der Waals surface area (Å²) in [5.74, 6) is -0.540. The Kier molecular flexibility index (Phi) is 4.56. The fourth-order valence-electron chi connectivity index (χ4n) is 1.83. The van der Waals surface area contributed by atoms with Crippen molar-refractivity contribution < 1.29 is 17.9 Å². The van der Waals surface area contributed by atoms with Gasteiger partial charge in [0.1, 0.15) is 5.56 Å². The van der Waals surface area contributed by atoms with E-state index in [1.54, 1.807) is 0 Å². The summed E-state index contributed by atoms with van der Waals surface area (Å²) < 4.78 is 44.5. The number of nitrogens with zero attached hydrogens (tertiary/aromatic N) is 1. The summed E-state index contributed by atoms with van der Waals surface area (Å²) in [6.45, 7) is 0. The quantitative estimate of drug-likeness (QED) is 0.640. The van der Waals surface area contributed by atoms with E-state index in [0.717, 1.165) is 7.11 Å². The highest BCUT2D eigenvalue weighted by atomic mass is 35.5. The third kappa shape index (κ3) is 3.05. The molecule has 0 unspecified atom stereocenters. The number of hydrogen-bond acceptors (Lipinski definition) is 2. The van der Waals surface area contributed by atoms with Crippen molar-refractivity contribution in [3.63, 3.8) is 0 Å². The Labute approximate surface area is 133 Å². The first kappa shape index (κ1) is 16.2. The van der Waals surface area contributed by atoms with Gasteiger partial charge in [0.05, 0.1) is 22.2 Å². The molecule has 0 aliphatic heterocycles. The second-order valence-corrected chi connectivity index (χ2v) is 5.13. The van der Waals surface area contributed by atoms with Crippen LogP contribution in [0.3, 0.4) is 0 Å². The molecule has 2 nitrogen and oxygen atoms in total. The molecule has 1 aromatic heterocycles. The van der Waals surface area contributed by atoms with Crippen LogP contribution in [0.15, 0.2) is 24.4 Å². The molecule has 0 spiro atoms. The van der Waals surface area contributed by atoms with Crippen molar-refractivity contribution in [1.29, 1.82) is 0 Å². The minimum absolute atomic E-state index is 0.0141. The monoisotopic (exact) mass is 355 g/mol. The molecular formula is C13H7Cl3F3NO. The zero-order valence-corrected chi connectivity index (χ0v) is 12.7. The van der Waals surface area contributed by atoms with Gasteiger partial charge in [-0.15, -0.1) is 0 Å². The molecule has 0 aliphatic carbocycles. The van der Waals surface area contributed by atoms with Gasteiger partial charge in [0.25, 0.3) is 0 Å². The lowest BCUT2D eigenvalue weighted by Gasteiger charge is -2.17. The molecule has 1 aromatic carbocycles. The Hall–Kier alpha value is -1.17. The molecule has 0 N–H and O–H groups in total. The van der Waals surface area contributed by atoms with Crippen LogP contribution in [0.4, 0.5) is 13.2 Å². The molecule has 2 aromatic rings. The zero-order valence-electron chi connectivity index (χ0n) is 10.4. The van der Waals surface area contributed by atoms with Gasteiger partial charge in [0.15, 0.2) is 0 Å². The second kappa shape index (κ2) is 5.91. The van der Waals surface area contributed by atoms with Gasteiger partial charge in [-0.2, -0.15) is 13.2 Å². The smallest absolute Gasteiger partial charge is 0.422 e. The van der Waals surface area contributed by atoms with Gasteiger partial charge in [-0.3, -0.25) is 0 Å². The number of rotatable bonds is 2. The van der Waals surface area contributed by atoms with Gasteiger partial charge < -0.3 is 4.74 Å². The van der Waals surface area contributed by atoms with Crippen LogP contribution in [0.5, 0.6) is 5.88 Å². The molecule has 0 saturated carbocycles. The van der Waals surface area contributed by atoms with Crippen molar-refractivity contribution in [1.82, 2.24) is 4.98 Å². The number of methoxy groups -OCH3 is 1. The maximum atomic E-state index is 13.3. The molecule has 0 radical (unpaired) electrons. The summed E-state index contributed by atoms with van der Waals surface area (Å²) >= 11 is 17.7. The molecular weight excluding hydrogens is 350 g/mol. The fourth-order valence-corrected chi connectivity index (χ4v) is 2.47. The average molecular weight is 357 g/mol. The van der Waals surface area contributed by atoms with E-state index in [-0.39, 0.29) is 26.2 Å². The van der Waals surface area contributed by atoms with Crippen molar-refractivity contribution in [2.45, 2.75) is 6.18 Å². The van der Waals surface area contributed by atoms with Gasteiger partial charge >= 0.3 is 6.18 Å². The summed E-state index contributed by atoms with van der Waals surface area (Å²) in [6, 6.07) is 3.93. The largest absolute Gasteiger partial charge is 0.481 e. The van der Waals surface area contributed by atoms with Gasteiger partial charge in [-0.05, 0) is 12.1 Å². The van der Waals surface area contributed by atoms with Crippen LogP contribution in [0.2, 0.25) is 15.1 Å². The molecule has 112 valence electrons. The Bertz CT molecular complexity index is 689. The fraction of sp³-hybridized carbons (Fsp3) is 0.154. The molecule has 0 aliphatic rings. The highest BCUT2D eigenvalue weighted by molar-refractivity contribution is 6.49. The van der Waals surface area contributed by atoms with E-state index in [2.05, 4.69) is 4.98 Å². The highest BCUT2D eigenvalue weighted by Crippen LogP contribution is 2.45. The van der Waals surface area contributed by atoms with Gasteiger partial charge in [0, 0.05) is 17.3 Å². The standard InChI is InChI=1S/C13H7Cl3F3NO/c1-21-12-9(13(17,18)19)6(4-5-20-12)7-2-3-8(14)11(16)10(7)15/h2-5H,1H3. The van der Waals surface area contributed by atoms with Crippen molar-refractivity contribution in [3.8, 4) is 17.0 Å². The Balaban J connectivity index is 2.79. The number of alkyl halides is 3. The van der Waals surface area contributed by atoms with E-state index in [1.165, 1.54) is 24.4 Å². The van der Waals surface area contributed by atoms with Gasteiger partial charge in [-0.25, -0.2) is 4.98 Å². The van der Waals surface area contributed by atoms with Crippen molar-refractivity contribution >= 4 is 34.8 Å². The summed E-state index contributed by atoms with van der Waals surface area (Å²) in [6.07, 6.45) is -3.47. The molecule has 0 fully saturated rings. The lowest BCUT2D eigenvalue weighted by molar-refractivity contribution is -0.138. The second-order valence-electron chi connectivity index (χ2n) is 3.96. The maximum absolute atomic E-state index is 13.3. The van der Waals surface area contributed by atoms with E-state index in [9.17, 15) is 13.2 Å². The van der Waals surface area contributed by atoms with Crippen molar-refractivity contribution in [2.75, 3.05) is 7.11 Å². The molecule has 0 saturated heterocycles. The minimum Gasteiger partial charge on any atom is -0.481 e. The van der Waals surface area contributed by atoms with Crippen LogP contribution in [-0.4, -0.2) is 12.1 Å². The van der Waals surface area contributed by atoms with E-state index in [1.807, 2.05) is 0 Å². The zero-order chi connectivity index (χ0) is 15.8. The topological polar surface area (TPSA) is 22.1 Å².